The molecule has 0 unspecified atom stereocenters. The number of benzene rings is 4. The summed E-state index contributed by atoms with van der Waals surface area (Å²) in [5.74, 6) is 2.61. The molecule has 2 heteroatoms. The van der Waals surface area contributed by atoms with Crippen molar-refractivity contribution in [1.82, 2.24) is 4.57 Å². The van der Waals surface area contributed by atoms with E-state index >= 15 is 0 Å². The number of thiophene rings is 1. The van der Waals surface area contributed by atoms with Gasteiger partial charge in [0.2, 0.25) is 0 Å². The van der Waals surface area contributed by atoms with Gasteiger partial charge >= 0.3 is 0 Å². The molecule has 0 saturated carbocycles. The summed E-state index contributed by atoms with van der Waals surface area (Å²) in [5.41, 5.74) is 11.4. The number of aromatic nitrogens is 1. The Morgan fingerprint density at radius 1 is 0.854 bits per heavy atom. The molecule has 0 aliphatic heterocycles. The number of hydrogen-bond acceptors (Lipinski definition) is 1. The molecule has 4 aromatic carbocycles. The Balaban J connectivity index is 1.52. The topological polar surface area (TPSA) is 4.93 Å². The van der Waals surface area contributed by atoms with Crippen LogP contribution in [0.5, 0.6) is 0 Å². The van der Waals surface area contributed by atoms with E-state index in [2.05, 4.69) is 133 Å². The number of terminal acetylenes is 1. The number of allylic oxidation sites excluding steroid dienone is 5. The molecule has 0 N–H and O–H groups in total. The summed E-state index contributed by atoms with van der Waals surface area (Å²) in [5, 5.41) is 2.54. The van der Waals surface area contributed by atoms with E-state index in [1.165, 1.54) is 70.6 Å². The highest BCUT2D eigenvalue weighted by Gasteiger charge is 2.23. The molecule has 0 radical (unpaired) electrons. The Labute approximate surface area is 245 Å². The molecule has 2 heterocycles. The van der Waals surface area contributed by atoms with Crippen LogP contribution in [0.15, 0.2) is 121 Å². The lowest BCUT2D eigenvalue weighted by atomic mass is 9.91. The molecule has 0 fully saturated rings. The van der Waals surface area contributed by atoms with Crippen LogP contribution in [0.2, 0.25) is 0 Å². The second kappa shape index (κ2) is 10.6. The van der Waals surface area contributed by atoms with Crippen molar-refractivity contribution >= 4 is 44.8 Å². The lowest BCUT2D eigenvalue weighted by Crippen LogP contribution is -1.98. The van der Waals surface area contributed by atoms with Crippen LogP contribution in [-0.4, -0.2) is 4.57 Å². The molecule has 1 aliphatic rings. The third kappa shape index (κ3) is 4.36. The van der Waals surface area contributed by atoms with Crippen molar-refractivity contribution in [3.8, 4) is 38.9 Å². The Morgan fingerprint density at radius 2 is 1.56 bits per heavy atom. The van der Waals surface area contributed by atoms with Gasteiger partial charge in [-0.05, 0) is 77.9 Å². The molecule has 7 rings (SSSR count). The maximum atomic E-state index is 5.50. The highest BCUT2D eigenvalue weighted by atomic mass is 32.1. The first-order valence-corrected chi connectivity index (χ1v) is 14.9. The maximum absolute atomic E-state index is 5.50. The monoisotopic (exact) mass is 543 g/mol. The van der Waals surface area contributed by atoms with E-state index in [1.807, 2.05) is 17.4 Å². The van der Waals surface area contributed by atoms with Crippen LogP contribution in [0.3, 0.4) is 0 Å². The zero-order valence-corrected chi connectivity index (χ0v) is 23.8. The van der Waals surface area contributed by atoms with Crippen molar-refractivity contribution in [3.05, 3.63) is 138 Å². The number of para-hydroxylation sites is 2. The van der Waals surface area contributed by atoms with Gasteiger partial charge in [-0.1, -0.05) is 103 Å². The van der Waals surface area contributed by atoms with E-state index in [4.69, 9.17) is 6.42 Å². The van der Waals surface area contributed by atoms with Crippen molar-refractivity contribution in [2.75, 3.05) is 0 Å². The van der Waals surface area contributed by atoms with E-state index < -0.39 is 0 Å². The molecule has 6 aromatic rings. The van der Waals surface area contributed by atoms with Gasteiger partial charge in [0.15, 0.2) is 0 Å². The molecular weight excluding hydrogens is 515 g/mol. The highest BCUT2D eigenvalue weighted by molar-refractivity contribution is 7.19. The van der Waals surface area contributed by atoms with Gasteiger partial charge in [0, 0.05) is 31.8 Å². The van der Waals surface area contributed by atoms with E-state index in [1.54, 1.807) is 6.08 Å². The van der Waals surface area contributed by atoms with E-state index in [0.29, 0.717) is 0 Å². The molecule has 196 valence electrons. The summed E-state index contributed by atoms with van der Waals surface area (Å²) in [6.07, 6.45) is 18.1. The Bertz CT molecular complexity index is 2000. The van der Waals surface area contributed by atoms with E-state index in [-0.39, 0.29) is 0 Å². The Kier molecular flexibility index (Phi) is 6.51. The largest absolute Gasteiger partial charge is 0.309 e. The first-order chi connectivity index (χ1) is 20.2. The molecule has 0 bridgehead atoms. The summed E-state index contributed by atoms with van der Waals surface area (Å²) in [6, 6.07) is 35.2. The van der Waals surface area contributed by atoms with E-state index in [9.17, 15) is 0 Å². The van der Waals surface area contributed by atoms with Crippen LogP contribution in [0.1, 0.15) is 30.0 Å². The van der Waals surface area contributed by atoms with Gasteiger partial charge in [-0.25, -0.2) is 0 Å². The minimum Gasteiger partial charge on any atom is -0.309 e. The van der Waals surface area contributed by atoms with Gasteiger partial charge in [0.05, 0.1) is 11.0 Å². The quantitative estimate of drug-likeness (QED) is 0.151. The molecule has 2 aromatic heterocycles. The van der Waals surface area contributed by atoms with Crippen LogP contribution in [0.4, 0.5) is 0 Å². The van der Waals surface area contributed by atoms with Gasteiger partial charge in [0.25, 0.3) is 0 Å². The van der Waals surface area contributed by atoms with Crippen molar-refractivity contribution in [2.24, 2.45) is 0 Å². The first kappa shape index (κ1) is 25.1. The number of rotatable bonds is 5. The Hall–Kier alpha value is -4.84. The fourth-order valence-corrected chi connectivity index (χ4v) is 7.47. The highest BCUT2D eigenvalue weighted by Crippen LogP contribution is 2.47. The molecule has 0 spiro atoms. The van der Waals surface area contributed by atoms with Crippen LogP contribution in [-0.2, 0) is 6.42 Å². The van der Waals surface area contributed by atoms with Crippen LogP contribution in [0.25, 0.3) is 60.0 Å². The average molecular weight is 544 g/mol. The average Bonchev–Trinajstić information content (AvgIpc) is 3.58. The third-order valence-corrected chi connectivity index (χ3v) is 9.31. The van der Waals surface area contributed by atoms with Crippen molar-refractivity contribution in [2.45, 2.75) is 19.8 Å². The third-order valence-electron chi connectivity index (χ3n) is 7.98. The standard InChI is InChI=1S/C39H29NS/c1-3-4-6-15-27(2)30-25-24-29(40-36-22-13-11-18-31(36)32-19-12-14-23-37(32)40)26-35(30)39-34-21-10-9-20-33(34)38(41-39)28-16-7-5-8-17-28/h1,4-9,11-20,22-26H,10,21H2,2H3/b6-4-,27-15+. The molecule has 41 heavy (non-hydrogen) atoms. The molecule has 0 saturated heterocycles. The van der Waals surface area contributed by atoms with Gasteiger partial charge in [-0.15, -0.1) is 17.8 Å². The molecule has 0 amide bonds. The molecule has 1 nitrogen and oxygen atoms in total. The van der Waals surface area contributed by atoms with E-state index in [0.717, 1.165) is 12.8 Å². The zero-order valence-electron chi connectivity index (χ0n) is 23.0. The van der Waals surface area contributed by atoms with Crippen molar-refractivity contribution in [1.29, 1.82) is 0 Å². The minimum atomic E-state index is 1.04. The summed E-state index contributed by atoms with van der Waals surface area (Å²) in [4.78, 5) is 2.70. The number of nitrogens with zero attached hydrogens (tertiary/aromatic N) is 1. The predicted octanol–water partition coefficient (Wildman–Crippen LogP) is 10.7. The van der Waals surface area contributed by atoms with Crippen LogP contribution < -0.4 is 0 Å². The fourth-order valence-electron chi connectivity index (χ4n) is 6.09. The first-order valence-electron chi connectivity index (χ1n) is 14.0. The Morgan fingerprint density at radius 3 is 2.29 bits per heavy atom. The van der Waals surface area contributed by atoms with Crippen molar-refractivity contribution < 1.29 is 0 Å². The van der Waals surface area contributed by atoms with Gasteiger partial charge in [-0.3, -0.25) is 0 Å². The molecular formula is C39H29NS. The second-order valence-corrected chi connectivity index (χ2v) is 11.5. The van der Waals surface area contributed by atoms with Crippen molar-refractivity contribution in [3.63, 3.8) is 0 Å². The summed E-state index contributed by atoms with van der Waals surface area (Å²) >= 11 is 1.92. The summed E-state index contributed by atoms with van der Waals surface area (Å²) in [6.45, 7) is 2.18. The minimum absolute atomic E-state index is 1.04. The SMILES string of the molecule is C#C/C=C\C=C(/C)c1ccc(-n2c3ccccc3c3ccccc32)cc1-c1sc(-c2ccccc2)c2c1CCC=C2. The lowest BCUT2D eigenvalue weighted by molar-refractivity contribution is 0.996. The lowest BCUT2D eigenvalue weighted by Gasteiger charge is -2.16. The van der Waals surface area contributed by atoms with Gasteiger partial charge in [-0.2, -0.15) is 0 Å². The number of fused-ring (bicyclic) bond motifs is 4. The predicted molar refractivity (Wildman–Crippen MR) is 179 cm³/mol. The fraction of sp³-hybridized carbons (Fsp3) is 0.0769. The van der Waals surface area contributed by atoms with Gasteiger partial charge in [0.1, 0.15) is 0 Å². The molecule has 0 atom stereocenters. The normalized spacial score (nSPS) is 13.2. The van der Waals surface area contributed by atoms with Crippen LogP contribution in [0, 0.1) is 12.3 Å². The molecule has 1 aliphatic carbocycles. The smallest absolute Gasteiger partial charge is 0.0541 e. The zero-order chi connectivity index (χ0) is 27.8. The maximum Gasteiger partial charge on any atom is 0.0541 e. The van der Waals surface area contributed by atoms with Gasteiger partial charge < -0.3 is 4.57 Å². The summed E-state index contributed by atoms with van der Waals surface area (Å²) in [7, 11) is 0. The summed E-state index contributed by atoms with van der Waals surface area (Å²) < 4.78 is 2.41. The number of hydrogen-bond donors (Lipinski definition) is 0. The second-order valence-electron chi connectivity index (χ2n) is 10.4. The van der Waals surface area contributed by atoms with Crippen LogP contribution >= 0.6 is 11.3 Å².